The number of hydrogen-bond donors (Lipinski definition) is 1. The molecule has 19 heavy (non-hydrogen) atoms. The number of aromatic nitrogens is 2. The fraction of sp³-hybridized carbons (Fsp3) is 0.667. The minimum Gasteiger partial charge on any atom is -0.378 e. The zero-order chi connectivity index (χ0) is 14.0. The average molecular weight is 265 g/mol. The molecular weight excluding hydrogens is 246 g/mol. The van der Waals surface area contributed by atoms with E-state index in [1.165, 1.54) is 6.33 Å². The molecule has 1 aliphatic heterocycles. The van der Waals surface area contributed by atoms with Crippen LogP contribution in [-0.2, 0) is 0 Å². The second kappa shape index (κ2) is 4.99. The first-order chi connectivity index (χ1) is 8.91. The summed E-state index contributed by atoms with van der Waals surface area (Å²) in [4.78, 5) is 20.3. The van der Waals surface area contributed by atoms with Crippen LogP contribution >= 0.6 is 0 Å². The van der Waals surface area contributed by atoms with Crippen LogP contribution in [0.5, 0.6) is 0 Å². The van der Waals surface area contributed by atoms with E-state index in [0.29, 0.717) is 5.82 Å². The Balaban J connectivity index is 2.32. The van der Waals surface area contributed by atoms with E-state index in [4.69, 9.17) is 5.73 Å². The summed E-state index contributed by atoms with van der Waals surface area (Å²) >= 11 is 0. The number of anilines is 2. The molecular formula is C12H19N5O2. The summed E-state index contributed by atoms with van der Waals surface area (Å²) in [7, 11) is 0. The van der Waals surface area contributed by atoms with Crippen LogP contribution < -0.4 is 10.6 Å². The van der Waals surface area contributed by atoms with Crippen molar-refractivity contribution in [2.75, 3.05) is 23.7 Å². The summed E-state index contributed by atoms with van der Waals surface area (Å²) in [6, 6.07) is 0. The van der Waals surface area contributed by atoms with E-state index >= 15 is 0 Å². The highest BCUT2D eigenvalue weighted by Crippen LogP contribution is 2.35. The van der Waals surface area contributed by atoms with Gasteiger partial charge >= 0.3 is 5.69 Å². The van der Waals surface area contributed by atoms with Gasteiger partial charge in [0.15, 0.2) is 0 Å². The molecule has 1 aromatic heterocycles. The fourth-order valence-electron chi connectivity index (χ4n) is 2.42. The van der Waals surface area contributed by atoms with Gasteiger partial charge in [0.1, 0.15) is 6.33 Å². The van der Waals surface area contributed by atoms with Crippen LogP contribution in [0.4, 0.5) is 17.3 Å². The Labute approximate surface area is 112 Å². The minimum absolute atomic E-state index is 0.0708. The first-order valence-electron chi connectivity index (χ1n) is 6.40. The molecule has 0 unspecified atom stereocenters. The van der Waals surface area contributed by atoms with Crippen molar-refractivity contribution in [3.63, 3.8) is 0 Å². The molecule has 0 spiro atoms. The number of nitro groups is 1. The zero-order valence-electron chi connectivity index (χ0n) is 11.3. The maximum absolute atomic E-state index is 11.1. The molecule has 0 amide bonds. The van der Waals surface area contributed by atoms with E-state index < -0.39 is 4.92 Å². The second-order valence-electron chi connectivity index (χ2n) is 5.69. The third-order valence-corrected chi connectivity index (χ3v) is 3.65. The van der Waals surface area contributed by atoms with Gasteiger partial charge in [-0.25, -0.2) is 9.97 Å². The van der Waals surface area contributed by atoms with Gasteiger partial charge in [-0.1, -0.05) is 13.8 Å². The molecule has 0 atom stereocenters. The molecule has 0 radical (unpaired) electrons. The van der Waals surface area contributed by atoms with Crippen LogP contribution in [0.1, 0.15) is 33.1 Å². The summed E-state index contributed by atoms with van der Waals surface area (Å²) in [5, 5.41) is 11.1. The average Bonchev–Trinajstić information content (AvgIpc) is 2.49. The summed E-state index contributed by atoms with van der Waals surface area (Å²) in [6.45, 7) is 5.96. The molecule has 1 fully saturated rings. The number of nitrogens with zero attached hydrogens (tertiary/aromatic N) is 4. The monoisotopic (exact) mass is 265 g/mol. The van der Waals surface area contributed by atoms with Gasteiger partial charge in [-0.3, -0.25) is 10.1 Å². The topological polar surface area (TPSA) is 98.2 Å². The standard InChI is InChI=1S/C12H19N5O2/c1-12(2)4-3-6-16(7-5-12)11-9(17(18)19)10(13)14-8-15-11/h8H,3-7H2,1-2H3,(H2,13,14,15). The van der Waals surface area contributed by atoms with Crippen LogP contribution in [0.3, 0.4) is 0 Å². The van der Waals surface area contributed by atoms with Gasteiger partial charge in [0, 0.05) is 13.1 Å². The molecule has 1 aromatic rings. The van der Waals surface area contributed by atoms with Crippen LogP contribution in [0.25, 0.3) is 0 Å². The van der Waals surface area contributed by atoms with E-state index in [2.05, 4.69) is 23.8 Å². The molecule has 7 heteroatoms. The molecule has 1 aliphatic rings. The first-order valence-corrected chi connectivity index (χ1v) is 6.40. The maximum Gasteiger partial charge on any atom is 0.353 e. The summed E-state index contributed by atoms with van der Waals surface area (Å²) in [5.74, 6) is 0.272. The predicted octanol–water partition coefficient (Wildman–Crippen LogP) is 1.98. The molecule has 0 aliphatic carbocycles. The lowest BCUT2D eigenvalue weighted by Gasteiger charge is -2.23. The fourth-order valence-corrected chi connectivity index (χ4v) is 2.42. The first kappa shape index (κ1) is 13.5. The van der Waals surface area contributed by atoms with Gasteiger partial charge < -0.3 is 10.6 Å². The van der Waals surface area contributed by atoms with Gasteiger partial charge in [0.2, 0.25) is 11.6 Å². The number of nitrogens with two attached hydrogens (primary N) is 1. The molecule has 2 N–H and O–H groups in total. The highest BCUT2D eigenvalue weighted by molar-refractivity contribution is 5.68. The van der Waals surface area contributed by atoms with Crippen molar-refractivity contribution in [3.8, 4) is 0 Å². The van der Waals surface area contributed by atoms with Crippen LogP contribution in [0.15, 0.2) is 6.33 Å². The smallest absolute Gasteiger partial charge is 0.353 e. The van der Waals surface area contributed by atoms with Gasteiger partial charge in [-0.2, -0.15) is 0 Å². The van der Waals surface area contributed by atoms with E-state index in [9.17, 15) is 10.1 Å². The highest BCUT2D eigenvalue weighted by atomic mass is 16.6. The van der Waals surface area contributed by atoms with Crippen molar-refractivity contribution in [2.45, 2.75) is 33.1 Å². The number of nitrogen functional groups attached to an aromatic ring is 1. The van der Waals surface area contributed by atoms with Crippen LogP contribution in [0, 0.1) is 15.5 Å². The Hall–Kier alpha value is -1.92. The molecule has 7 nitrogen and oxygen atoms in total. The Bertz CT molecular complexity index is 489. The molecule has 0 aromatic carbocycles. The lowest BCUT2D eigenvalue weighted by atomic mass is 9.85. The van der Waals surface area contributed by atoms with Crippen molar-refractivity contribution in [3.05, 3.63) is 16.4 Å². The summed E-state index contributed by atoms with van der Waals surface area (Å²) in [5.41, 5.74) is 5.69. The SMILES string of the molecule is CC1(C)CCCN(c2ncnc(N)c2[N+](=O)[O-])CC1. The minimum atomic E-state index is -0.499. The predicted molar refractivity (Wildman–Crippen MR) is 72.9 cm³/mol. The van der Waals surface area contributed by atoms with Crippen molar-refractivity contribution >= 4 is 17.3 Å². The van der Waals surface area contributed by atoms with E-state index in [-0.39, 0.29) is 16.9 Å². The van der Waals surface area contributed by atoms with E-state index in [0.717, 1.165) is 32.4 Å². The van der Waals surface area contributed by atoms with E-state index in [1.54, 1.807) is 0 Å². The third kappa shape index (κ3) is 2.91. The third-order valence-electron chi connectivity index (χ3n) is 3.65. The Morgan fingerprint density at radius 1 is 1.37 bits per heavy atom. The molecule has 1 saturated heterocycles. The van der Waals surface area contributed by atoms with Gasteiger partial charge in [-0.05, 0) is 24.7 Å². The van der Waals surface area contributed by atoms with Gasteiger partial charge in [0.25, 0.3) is 0 Å². The Morgan fingerprint density at radius 2 is 2.11 bits per heavy atom. The van der Waals surface area contributed by atoms with Gasteiger partial charge in [0.05, 0.1) is 4.92 Å². The normalized spacial score (nSPS) is 18.9. The summed E-state index contributed by atoms with van der Waals surface area (Å²) in [6.07, 6.45) is 4.37. The molecule has 2 heterocycles. The summed E-state index contributed by atoms with van der Waals surface area (Å²) < 4.78 is 0. The largest absolute Gasteiger partial charge is 0.378 e. The molecule has 0 saturated carbocycles. The van der Waals surface area contributed by atoms with Crippen molar-refractivity contribution in [1.29, 1.82) is 0 Å². The lowest BCUT2D eigenvalue weighted by Crippen LogP contribution is -2.27. The molecule has 104 valence electrons. The molecule has 0 bridgehead atoms. The number of rotatable bonds is 2. The lowest BCUT2D eigenvalue weighted by molar-refractivity contribution is -0.383. The van der Waals surface area contributed by atoms with Crippen LogP contribution in [-0.4, -0.2) is 28.0 Å². The quantitative estimate of drug-likeness (QED) is 0.648. The Kier molecular flexibility index (Phi) is 3.55. The zero-order valence-corrected chi connectivity index (χ0v) is 11.3. The van der Waals surface area contributed by atoms with Crippen molar-refractivity contribution in [1.82, 2.24) is 9.97 Å². The van der Waals surface area contributed by atoms with E-state index in [1.807, 2.05) is 4.90 Å². The molecule has 2 rings (SSSR count). The van der Waals surface area contributed by atoms with Crippen LogP contribution in [0.2, 0.25) is 0 Å². The van der Waals surface area contributed by atoms with Crippen molar-refractivity contribution in [2.24, 2.45) is 5.41 Å². The van der Waals surface area contributed by atoms with Crippen molar-refractivity contribution < 1.29 is 4.92 Å². The Morgan fingerprint density at radius 3 is 2.79 bits per heavy atom. The second-order valence-corrected chi connectivity index (χ2v) is 5.69. The van der Waals surface area contributed by atoms with Gasteiger partial charge in [-0.15, -0.1) is 0 Å². The highest BCUT2D eigenvalue weighted by Gasteiger charge is 2.29. The number of hydrogen-bond acceptors (Lipinski definition) is 6. The maximum atomic E-state index is 11.1.